The van der Waals surface area contributed by atoms with E-state index in [1.165, 1.54) is 12.4 Å². The van der Waals surface area contributed by atoms with E-state index in [0.29, 0.717) is 23.3 Å². The first-order chi connectivity index (χ1) is 13.1. The molecule has 1 aliphatic carbocycles. The molecule has 2 heterocycles. The van der Waals surface area contributed by atoms with Gasteiger partial charge in [-0.1, -0.05) is 18.0 Å². The van der Waals surface area contributed by atoms with Crippen molar-refractivity contribution in [2.45, 2.75) is 58.1 Å². The molecule has 150 valence electrons. The van der Waals surface area contributed by atoms with Crippen LogP contribution in [0, 0.1) is 5.92 Å². The molecule has 1 fully saturated rings. The number of pyridine rings is 1. The maximum atomic E-state index is 12.4. The number of anilines is 1. The SMILES string of the molecule is CC(C)(C)OC(=O)C1CCC[C@H](Nc2ncnc3c(C(N)=O)cc(Cl)nc23)C1. The Morgan fingerprint density at radius 2 is 2.00 bits per heavy atom. The van der Waals surface area contributed by atoms with Crippen molar-refractivity contribution in [1.82, 2.24) is 15.0 Å². The third-order valence-corrected chi connectivity index (χ3v) is 4.77. The van der Waals surface area contributed by atoms with Crippen LogP contribution in [0.3, 0.4) is 0 Å². The minimum Gasteiger partial charge on any atom is -0.460 e. The van der Waals surface area contributed by atoms with Gasteiger partial charge in [0.15, 0.2) is 5.82 Å². The predicted octanol–water partition coefficient (Wildman–Crippen LogP) is 3.09. The van der Waals surface area contributed by atoms with Gasteiger partial charge < -0.3 is 15.8 Å². The maximum Gasteiger partial charge on any atom is 0.309 e. The first kappa shape index (κ1) is 20.3. The highest BCUT2D eigenvalue weighted by Crippen LogP contribution is 2.30. The Labute approximate surface area is 168 Å². The summed E-state index contributed by atoms with van der Waals surface area (Å²) < 4.78 is 5.53. The number of amides is 1. The fourth-order valence-corrected chi connectivity index (χ4v) is 3.61. The molecule has 0 spiro atoms. The van der Waals surface area contributed by atoms with E-state index < -0.39 is 11.5 Å². The van der Waals surface area contributed by atoms with Gasteiger partial charge in [0.1, 0.15) is 28.1 Å². The molecule has 2 aromatic rings. The molecule has 28 heavy (non-hydrogen) atoms. The van der Waals surface area contributed by atoms with Gasteiger partial charge in [-0.3, -0.25) is 9.59 Å². The van der Waals surface area contributed by atoms with Gasteiger partial charge in [-0.15, -0.1) is 0 Å². The highest BCUT2D eigenvalue weighted by Gasteiger charge is 2.31. The van der Waals surface area contributed by atoms with Crippen molar-refractivity contribution in [2.24, 2.45) is 11.7 Å². The average molecular weight is 406 g/mol. The van der Waals surface area contributed by atoms with Crippen LogP contribution >= 0.6 is 11.6 Å². The zero-order valence-electron chi connectivity index (χ0n) is 16.2. The number of hydrogen-bond donors (Lipinski definition) is 2. The summed E-state index contributed by atoms with van der Waals surface area (Å²) >= 11 is 6.05. The molecule has 1 saturated carbocycles. The second-order valence-electron chi connectivity index (χ2n) is 8.01. The Hall–Kier alpha value is -2.48. The number of ether oxygens (including phenoxy) is 1. The van der Waals surface area contributed by atoms with E-state index in [1.807, 2.05) is 20.8 Å². The topological polar surface area (TPSA) is 120 Å². The van der Waals surface area contributed by atoms with E-state index in [-0.39, 0.29) is 28.6 Å². The molecule has 8 nitrogen and oxygen atoms in total. The molecule has 0 aliphatic heterocycles. The monoisotopic (exact) mass is 405 g/mol. The van der Waals surface area contributed by atoms with E-state index in [4.69, 9.17) is 22.1 Å². The van der Waals surface area contributed by atoms with Crippen LogP contribution in [-0.2, 0) is 9.53 Å². The second-order valence-corrected chi connectivity index (χ2v) is 8.40. The van der Waals surface area contributed by atoms with E-state index in [1.54, 1.807) is 0 Å². The number of esters is 1. The third-order valence-electron chi connectivity index (χ3n) is 4.58. The van der Waals surface area contributed by atoms with Gasteiger partial charge in [-0.2, -0.15) is 0 Å². The van der Waals surface area contributed by atoms with Crippen LogP contribution in [0.4, 0.5) is 5.82 Å². The van der Waals surface area contributed by atoms with E-state index in [9.17, 15) is 9.59 Å². The molecule has 0 bridgehead atoms. The fraction of sp³-hybridized carbons (Fsp3) is 0.526. The molecule has 1 amide bonds. The average Bonchev–Trinajstić information content (AvgIpc) is 2.60. The Morgan fingerprint density at radius 1 is 1.25 bits per heavy atom. The lowest BCUT2D eigenvalue weighted by Crippen LogP contribution is -2.35. The molecule has 0 radical (unpaired) electrons. The molecular formula is C19H24ClN5O3. The number of carbonyl (C=O) groups is 2. The van der Waals surface area contributed by atoms with Crippen LogP contribution in [0.2, 0.25) is 5.15 Å². The number of rotatable bonds is 4. The van der Waals surface area contributed by atoms with Gasteiger partial charge in [0, 0.05) is 6.04 Å². The van der Waals surface area contributed by atoms with Crippen molar-refractivity contribution >= 4 is 40.3 Å². The Morgan fingerprint density at radius 3 is 2.68 bits per heavy atom. The van der Waals surface area contributed by atoms with Gasteiger partial charge in [0.05, 0.1) is 11.5 Å². The van der Waals surface area contributed by atoms with Crippen LogP contribution in [0.25, 0.3) is 11.0 Å². The smallest absolute Gasteiger partial charge is 0.309 e. The van der Waals surface area contributed by atoms with Gasteiger partial charge in [0.25, 0.3) is 5.91 Å². The first-order valence-corrected chi connectivity index (χ1v) is 9.62. The number of nitrogens with zero attached hydrogens (tertiary/aromatic N) is 3. The lowest BCUT2D eigenvalue weighted by molar-refractivity contribution is -0.161. The Balaban J connectivity index is 1.83. The number of carbonyl (C=O) groups excluding carboxylic acids is 2. The number of primary amides is 1. The zero-order valence-corrected chi connectivity index (χ0v) is 16.9. The Kier molecular flexibility index (Phi) is 5.69. The molecule has 1 unspecified atom stereocenters. The van der Waals surface area contributed by atoms with Crippen molar-refractivity contribution in [3.8, 4) is 0 Å². The second kappa shape index (κ2) is 7.87. The lowest BCUT2D eigenvalue weighted by Gasteiger charge is -2.31. The van der Waals surface area contributed by atoms with Crippen molar-refractivity contribution < 1.29 is 14.3 Å². The summed E-state index contributed by atoms with van der Waals surface area (Å²) in [5.41, 5.74) is 5.83. The summed E-state index contributed by atoms with van der Waals surface area (Å²) in [6.45, 7) is 5.59. The summed E-state index contributed by atoms with van der Waals surface area (Å²) in [5, 5.41) is 3.47. The summed E-state index contributed by atoms with van der Waals surface area (Å²) in [6.07, 6.45) is 4.55. The molecule has 0 saturated heterocycles. The quantitative estimate of drug-likeness (QED) is 0.592. The van der Waals surface area contributed by atoms with Crippen molar-refractivity contribution in [2.75, 3.05) is 5.32 Å². The highest BCUT2D eigenvalue weighted by molar-refractivity contribution is 6.30. The molecule has 0 aromatic carbocycles. The predicted molar refractivity (Wildman–Crippen MR) is 106 cm³/mol. The summed E-state index contributed by atoms with van der Waals surface area (Å²) in [4.78, 5) is 36.8. The third kappa shape index (κ3) is 4.67. The van der Waals surface area contributed by atoms with Crippen LogP contribution < -0.4 is 11.1 Å². The number of aromatic nitrogens is 3. The number of hydrogen-bond acceptors (Lipinski definition) is 7. The molecular weight excluding hydrogens is 382 g/mol. The molecule has 3 rings (SSSR count). The number of nitrogens with one attached hydrogen (secondary N) is 1. The van der Waals surface area contributed by atoms with Gasteiger partial charge in [-0.05, 0) is 46.1 Å². The van der Waals surface area contributed by atoms with Crippen molar-refractivity contribution in [1.29, 1.82) is 0 Å². The van der Waals surface area contributed by atoms with Gasteiger partial charge in [-0.25, -0.2) is 15.0 Å². The van der Waals surface area contributed by atoms with Crippen LogP contribution in [0.1, 0.15) is 56.8 Å². The van der Waals surface area contributed by atoms with Crippen LogP contribution in [0.15, 0.2) is 12.4 Å². The number of nitrogens with two attached hydrogens (primary N) is 1. The van der Waals surface area contributed by atoms with Crippen molar-refractivity contribution in [3.05, 3.63) is 23.1 Å². The molecule has 2 aromatic heterocycles. The fourth-order valence-electron chi connectivity index (χ4n) is 3.42. The van der Waals surface area contributed by atoms with Crippen molar-refractivity contribution in [3.63, 3.8) is 0 Å². The Bertz CT molecular complexity index is 912. The normalized spacial score (nSPS) is 20.0. The zero-order chi connectivity index (χ0) is 20.5. The largest absolute Gasteiger partial charge is 0.460 e. The summed E-state index contributed by atoms with van der Waals surface area (Å²) in [5.74, 6) is -0.522. The minimum absolute atomic E-state index is 0.0159. The maximum absolute atomic E-state index is 12.4. The van der Waals surface area contributed by atoms with Crippen LogP contribution in [-0.4, -0.2) is 38.5 Å². The number of halogens is 1. The van der Waals surface area contributed by atoms with E-state index in [0.717, 1.165) is 19.3 Å². The van der Waals surface area contributed by atoms with Crippen LogP contribution in [0.5, 0.6) is 0 Å². The van der Waals surface area contributed by atoms with E-state index >= 15 is 0 Å². The molecule has 2 atom stereocenters. The lowest BCUT2D eigenvalue weighted by atomic mass is 9.85. The summed E-state index contributed by atoms with van der Waals surface area (Å²) in [6, 6.07) is 1.41. The first-order valence-electron chi connectivity index (χ1n) is 9.24. The van der Waals surface area contributed by atoms with Gasteiger partial charge in [0.2, 0.25) is 0 Å². The standard InChI is InChI=1S/C19H24ClN5O3/c1-19(2,3)28-18(27)10-5-4-6-11(7-10)24-17-15-14(22-9-23-17)12(16(21)26)8-13(20)25-15/h8-11H,4-7H2,1-3H3,(H2,21,26)(H,22,23,24)/t10?,11-/m0/s1. The minimum atomic E-state index is -0.637. The van der Waals surface area contributed by atoms with Gasteiger partial charge >= 0.3 is 5.97 Å². The van der Waals surface area contributed by atoms with E-state index in [2.05, 4.69) is 20.3 Å². The molecule has 9 heteroatoms. The highest BCUT2D eigenvalue weighted by atomic mass is 35.5. The molecule has 3 N–H and O–H groups in total. The molecule has 1 aliphatic rings. The summed E-state index contributed by atoms with van der Waals surface area (Å²) in [7, 11) is 0. The number of fused-ring (bicyclic) bond motifs is 1.